The van der Waals surface area contributed by atoms with Crippen molar-refractivity contribution in [3.63, 3.8) is 0 Å². The number of hydrogen-bond acceptors (Lipinski definition) is 4. The minimum absolute atomic E-state index is 0.197. The molecule has 0 fully saturated rings. The van der Waals surface area contributed by atoms with Gasteiger partial charge in [-0.3, -0.25) is 20.4 Å². The minimum Gasteiger partial charge on any atom is -0.493 e. The highest BCUT2D eigenvalue weighted by molar-refractivity contribution is 6.01. The normalized spacial score (nSPS) is 10.8. The highest BCUT2D eigenvalue weighted by Crippen LogP contribution is 2.28. The van der Waals surface area contributed by atoms with Crippen molar-refractivity contribution < 1.29 is 23.5 Å². The van der Waals surface area contributed by atoms with E-state index in [1.807, 2.05) is 0 Å². The van der Waals surface area contributed by atoms with Crippen molar-refractivity contribution in [3.8, 4) is 11.5 Å². The first kappa shape index (κ1) is 21.2. The molecule has 0 radical (unpaired) electrons. The van der Waals surface area contributed by atoms with E-state index in [1.54, 1.807) is 12.1 Å². The molecule has 0 aliphatic carbocycles. The van der Waals surface area contributed by atoms with Crippen LogP contribution in [0.15, 0.2) is 42.5 Å². The van der Waals surface area contributed by atoms with Gasteiger partial charge in [0, 0.05) is 16.5 Å². The molecule has 3 rings (SSSR count). The summed E-state index contributed by atoms with van der Waals surface area (Å²) in [4.78, 5) is 27.6. The lowest BCUT2D eigenvalue weighted by Gasteiger charge is -2.13. The van der Waals surface area contributed by atoms with E-state index in [4.69, 9.17) is 9.47 Å². The van der Waals surface area contributed by atoms with Crippen molar-refractivity contribution in [1.29, 1.82) is 0 Å². The van der Waals surface area contributed by atoms with Crippen LogP contribution < -0.4 is 20.3 Å². The van der Waals surface area contributed by atoms with E-state index >= 15 is 0 Å². The van der Waals surface area contributed by atoms with Crippen LogP contribution in [0.1, 0.15) is 41.1 Å². The molecule has 0 bridgehead atoms. The van der Waals surface area contributed by atoms with Crippen LogP contribution in [0, 0.1) is 11.7 Å². The number of benzene rings is 2. The van der Waals surface area contributed by atoms with Gasteiger partial charge in [-0.2, -0.15) is 0 Å². The van der Waals surface area contributed by atoms with Crippen LogP contribution in [-0.4, -0.2) is 30.5 Å². The molecule has 1 aromatic heterocycles. The van der Waals surface area contributed by atoms with Crippen molar-refractivity contribution in [1.82, 2.24) is 15.8 Å². The topological polar surface area (TPSA) is 92.5 Å². The maximum atomic E-state index is 13.3. The zero-order chi connectivity index (χ0) is 21.7. The first-order valence-electron chi connectivity index (χ1n) is 9.57. The Kier molecular flexibility index (Phi) is 6.56. The van der Waals surface area contributed by atoms with Crippen molar-refractivity contribution in [2.24, 2.45) is 5.92 Å². The molecule has 0 atom stereocenters. The summed E-state index contributed by atoms with van der Waals surface area (Å²) >= 11 is 0. The van der Waals surface area contributed by atoms with E-state index < -0.39 is 17.6 Å². The van der Waals surface area contributed by atoms with Crippen LogP contribution in [0.4, 0.5) is 4.39 Å². The summed E-state index contributed by atoms with van der Waals surface area (Å²) in [6.45, 7) is 4.76. The van der Waals surface area contributed by atoms with Gasteiger partial charge in [0.25, 0.3) is 11.8 Å². The average Bonchev–Trinajstić information content (AvgIpc) is 3.15. The maximum Gasteiger partial charge on any atom is 0.286 e. The molecule has 30 heavy (non-hydrogen) atoms. The Bertz CT molecular complexity index is 1060. The number of carbonyl (C=O) groups is 2. The van der Waals surface area contributed by atoms with Gasteiger partial charge < -0.3 is 14.5 Å². The van der Waals surface area contributed by atoms with E-state index in [9.17, 15) is 14.0 Å². The number of fused-ring (bicyclic) bond motifs is 1. The fourth-order valence-corrected chi connectivity index (χ4v) is 2.81. The molecule has 0 spiro atoms. The molecule has 158 valence electrons. The Morgan fingerprint density at radius 1 is 1.03 bits per heavy atom. The van der Waals surface area contributed by atoms with E-state index in [0.717, 1.165) is 6.42 Å². The Balaban J connectivity index is 1.62. The molecule has 0 unspecified atom stereocenters. The van der Waals surface area contributed by atoms with Crippen molar-refractivity contribution >= 4 is 22.7 Å². The molecule has 0 aliphatic heterocycles. The van der Waals surface area contributed by atoms with Gasteiger partial charge in [-0.1, -0.05) is 13.8 Å². The van der Waals surface area contributed by atoms with Gasteiger partial charge in [0.1, 0.15) is 11.5 Å². The van der Waals surface area contributed by atoms with Crippen molar-refractivity contribution in [2.45, 2.75) is 20.3 Å². The largest absolute Gasteiger partial charge is 0.493 e. The SMILES string of the molecule is COc1cc(C(=O)NNC(=O)c2cc3cc(F)ccc3[nH]2)ccc1OCCC(C)C. The number of aromatic nitrogens is 1. The van der Waals surface area contributed by atoms with Crippen LogP contribution in [0.25, 0.3) is 10.9 Å². The number of hydrazine groups is 1. The van der Waals surface area contributed by atoms with Gasteiger partial charge in [0.05, 0.1) is 13.7 Å². The monoisotopic (exact) mass is 413 g/mol. The number of ether oxygens (including phenoxy) is 2. The number of H-pyrrole nitrogens is 1. The standard InChI is InChI=1S/C22H24FN3O4/c1-13(2)8-9-30-19-7-4-14(12-20(19)29-3)21(27)25-26-22(28)18-11-15-10-16(23)5-6-17(15)24-18/h4-7,10-13,24H,8-9H2,1-3H3,(H,25,27)(H,26,28). The summed E-state index contributed by atoms with van der Waals surface area (Å²) in [7, 11) is 1.49. The van der Waals surface area contributed by atoms with Crippen LogP contribution in [-0.2, 0) is 0 Å². The Morgan fingerprint density at radius 3 is 2.53 bits per heavy atom. The third kappa shape index (κ3) is 5.08. The fraction of sp³-hybridized carbons (Fsp3) is 0.273. The lowest BCUT2D eigenvalue weighted by molar-refractivity contribution is 0.0844. The molecule has 0 aliphatic rings. The molecule has 7 nitrogen and oxygen atoms in total. The summed E-state index contributed by atoms with van der Waals surface area (Å²) in [5.41, 5.74) is 5.80. The fourth-order valence-electron chi connectivity index (χ4n) is 2.81. The van der Waals surface area contributed by atoms with Crippen LogP contribution in [0.3, 0.4) is 0 Å². The predicted molar refractivity (Wildman–Crippen MR) is 111 cm³/mol. The molecule has 3 N–H and O–H groups in total. The van der Waals surface area contributed by atoms with Gasteiger partial charge in [-0.25, -0.2) is 4.39 Å². The number of amides is 2. The van der Waals surface area contributed by atoms with Gasteiger partial charge in [-0.05, 0) is 54.8 Å². The van der Waals surface area contributed by atoms with Gasteiger partial charge in [-0.15, -0.1) is 0 Å². The van der Waals surface area contributed by atoms with E-state index in [-0.39, 0.29) is 5.69 Å². The summed E-state index contributed by atoms with van der Waals surface area (Å²) in [5, 5.41) is 0.560. The molecule has 8 heteroatoms. The van der Waals surface area contributed by atoms with Crippen LogP contribution in [0.5, 0.6) is 11.5 Å². The van der Waals surface area contributed by atoms with E-state index in [1.165, 1.54) is 37.4 Å². The minimum atomic E-state index is -0.555. The first-order chi connectivity index (χ1) is 14.4. The molecular weight excluding hydrogens is 389 g/mol. The Labute approximate surface area is 173 Å². The van der Waals surface area contributed by atoms with E-state index in [2.05, 4.69) is 29.7 Å². The summed E-state index contributed by atoms with van der Waals surface area (Å²) in [5.74, 6) is 0.0193. The third-order valence-corrected chi connectivity index (χ3v) is 4.50. The summed E-state index contributed by atoms with van der Waals surface area (Å²) in [6, 6.07) is 10.4. The van der Waals surface area contributed by atoms with Gasteiger partial charge >= 0.3 is 0 Å². The zero-order valence-corrected chi connectivity index (χ0v) is 17.0. The lowest BCUT2D eigenvalue weighted by atomic mass is 10.1. The second-order valence-corrected chi connectivity index (χ2v) is 7.22. The summed E-state index contributed by atoms with van der Waals surface area (Å²) < 4.78 is 24.3. The smallest absolute Gasteiger partial charge is 0.286 e. The predicted octanol–water partition coefficient (Wildman–Crippen LogP) is 3.82. The number of aromatic amines is 1. The number of nitrogens with one attached hydrogen (secondary N) is 3. The number of halogens is 1. The number of methoxy groups -OCH3 is 1. The van der Waals surface area contributed by atoms with Gasteiger partial charge in [0.15, 0.2) is 11.5 Å². The molecule has 0 saturated heterocycles. The third-order valence-electron chi connectivity index (χ3n) is 4.50. The summed E-state index contributed by atoms with van der Waals surface area (Å²) in [6.07, 6.45) is 0.901. The van der Waals surface area contributed by atoms with Crippen molar-refractivity contribution in [2.75, 3.05) is 13.7 Å². The molecule has 1 heterocycles. The second kappa shape index (κ2) is 9.30. The molecule has 3 aromatic rings. The van der Waals surface area contributed by atoms with Crippen molar-refractivity contribution in [3.05, 3.63) is 59.5 Å². The number of hydrogen-bond donors (Lipinski definition) is 3. The second-order valence-electron chi connectivity index (χ2n) is 7.22. The Hall–Kier alpha value is -3.55. The average molecular weight is 413 g/mol. The van der Waals surface area contributed by atoms with Crippen LogP contribution in [0.2, 0.25) is 0 Å². The van der Waals surface area contributed by atoms with E-state index in [0.29, 0.717) is 40.5 Å². The molecule has 2 amide bonds. The maximum absolute atomic E-state index is 13.3. The quantitative estimate of drug-likeness (QED) is 0.514. The Morgan fingerprint density at radius 2 is 1.80 bits per heavy atom. The number of rotatable bonds is 7. The van der Waals surface area contributed by atoms with Gasteiger partial charge in [0.2, 0.25) is 0 Å². The molecule has 2 aromatic carbocycles. The highest BCUT2D eigenvalue weighted by atomic mass is 19.1. The first-order valence-corrected chi connectivity index (χ1v) is 9.57. The molecule has 0 saturated carbocycles. The zero-order valence-electron chi connectivity index (χ0n) is 17.0. The number of carbonyl (C=O) groups excluding carboxylic acids is 2. The lowest BCUT2D eigenvalue weighted by Crippen LogP contribution is -2.41. The molecular formula is C22H24FN3O4. The highest BCUT2D eigenvalue weighted by Gasteiger charge is 2.14. The van der Waals surface area contributed by atoms with Crippen LogP contribution >= 0.6 is 0 Å².